The first-order chi connectivity index (χ1) is 17.5. The number of nitrogens with zero attached hydrogens (tertiary/aromatic N) is 2. The first-order valence-electron chi connectivity index (χ1n) is 12.8. The third kappa shape index (κ3) is 9.39. The highest BCUT2D eigenvalue weighted by Crippen LogP contribution is 2.23. The SMILES string of the molecule is CCOc1ccc(N(CCCC(=O)N(Cc2cccc(C)c2)[C@H](CC)C(=O)NC(C)C)S(C)(=O)=O)cc1. The number of nitrogens with one attached hydrogen (secondary N) is 1. The van der Waals surface area contributed by atoms with E-state index in [0.717, 1.165) is 17.4 Å². The molecule has 1 atom stereocenters. The third-order valence-corrected chi connectivity index (χ3v) is 7.03. The molecule has 0 unspecified atom stereocenters. The highest BCUT2D eigenvalue weighted by Gasteiger charge is 2.29. The Morgan fingerprint density at radius 3 is 2.27 bits per heavy atom. The molecule has 0 saturated carbocycles. The van der Waals surface area contributed by atoms with E-state index in [1.165, 1.54) is 4.31 Å². The Morgan fingerprint density at radius 1 is 1.05 bits per heavy atom. The van der Waals surface area contributed by atoms with Gasteiger partial charge in [0, 0.05) is 25.6 Å². The van der Waals surface area contributed by atoms with Gasteiger partial charge in [-0.1, -0.05) is 36.8 Å². The molecule has 0 aliphatic rings. The molecule has 0 aromatic heterocycles. The minimum Gasteiger partial charge on any atom is -0.494 e. The van der Waals surface area contributed by atoms with Crippen molar-refractivity contribution in [2.45, 2.75) is 72.5 Å². The molecule has 8 nitrogen and oxygen atoms in total. The zero-order chi connectivity index (χ0) is 27.6. The maximum Gasteiger partial charge on any atom is 0.243 e. The van der Waals surface area contributed by atoms with E-state index in [-0.39, 0.29) is 30.8 Å². The summed E-state index contributed by atoms with van der Waals surface area (Å²) in [4.78, 5) is 28.0. The van der Waals surface area contributed by atoms with Crippen LogP contribution in [0.1, 0.15) is 58.1 Å². The summed E-state index contributed by atoms with van der Waals surface area (Å²) in [6, 6.07) is 14.0. The molecule has 0 radical (unpaired) electrons. The van der Waals surface area contributed by atoms with Crippen molar-refractivity contribution >= 4 is 27.5 Å². The Bertz CT molecular complexity index is 1130. The van der Waals surface area contributed by atoms with E-state index in [2.05, 4.69) is 5.32 Å². The molecule has 0 spiro atoms. The van der Waals surface area contributed by atoms with Crippen molar-refractivity contribution < 1.29 is 22.7 Å². The predicted molar refractivity (Wildman–Crippen MR) is 148 cm³/mol. The van der Waals surface area contributed by atoms with Gasteiger partial charge < -0.3 is 15.0 Å². The van der Waals surface area contributed by atoms with Crippen LogP contribution in [0.15, 0.2) is 48.5 Å². The molecule has 2 aromatic rings. The highest BCUT2D eigenvalue weighted by atomic mass is 32.2. The summed E-state index contributed by atoms with van der Waals surface area (Å²) < 4.78 is 31.8. The van der Waals surface area contributed by atoms with Gasteiger partial charge in [0.2, 0.25) is 21.8 Å². The molecule has 204 valence electrons. The standard InChI is InChI=1S/C28H41N3O5S/c1-7-26(28(33)29-21(3)4)30(20-23-12-9-11-22(5)19-23)27(32)13-10-18-31(37(6,34)35)24-14-16-25(17-15-24)36-8-2/h9,11-12,14-17,19,21,26H,7-8,10,13,18,20H2,1-6H3,(H,29,33)/t26-/m1/s1. The van der Waals surface area contributed by atoms with Crippen molar-refractivity contribution in [2.75, 3.05) is 23.7 Å². The lowest BCUT2D eigenvalue weighted by molar-refractivity contribution is -0.141. The molecular formula is C28H41N3O5S. The van der Waals surface area contributed by atoms with Crippen molar-refractivity contribution in [3.05, 3.63) is 59.7 Å². The average molecular weight is 532 g/mol. The molecule has 37 heavy (non-hydrogen) atoms. The number of hydrogen-bond acceptors (Lipinski definition) is 5. The molecule has 0 fully saturated rings. The van der Waals surface area contributed by atoms with Crippen molar-refractivity contribution in [3.8, 4) is 5.75 Å². The number of aryl methyl sites for hydroxylation is 1. The lowest BCUT2D eigenvalue weighted by Gasteiger charge is -2.31. The number of anilines is 1. The monoisotopic (exact) mass is 531 g/mol. The molecule has 0 heterocycles. The number of carbonyl (C=O) groups excluding carboxylic acids is 2. The fourth-order valence-electron chi connectivity index (χ4n) is 4.19. The van der Waals surface area contributed by atoms with E-state index in [9.17, 15) is 18.0 Å². The largest absolute Gasteiger partial charge is 0.494 e. The Kier molecular flexibility index (Phi) is 11.4. The topological polar surface area (TPSA) is 96.0 Å². The zero-order valence-corrected chi connectivity index (χ0v) is 23.7. The number of rotatable bonds is 14. The summed E-state index contributed by atoms with van der Waals surface area (Å²) in [6.07, 6.45) is 2.04. The highest BCUT2D eigenvalue weighted by molar-refractivity contribution is 7.92. The van der Waals surface area contributed by atoms with Gasteiger partial charge in [0.15, 0.2) is 0 Å². The Balaban J connectivity index is 2.20. The quantitative estimate of drug-likeness (QED) is 0.393. The van der Waals surface area contributed by atoms with Crippen LogP contribution in [-0.2, 0) is 26.2 Å². The van der Waals surface area contributed by atoms with E-state index in [4.69, 9.17) is 4.74 Å². The van der Waals surface area contributed by atoms with Crippen molar-refractivity contribution in [1.82, 2.24) is 10.2 Å². The molecule has 2 rings (SSSR count). The van der Waals surface area contributed by atoms with Crippen molar-refractivity contribution in [2.24, 2.45) is 0 Å². The van der Waals surface area contributed by atoms with Crippen molar-refractivity contribution in [3.63, 3.8) is 0 Å². The summed E-state index contributed by atoms with van der Waals surface area (Å²) in [5.41, 5.74) is 2.53. The predicted octanol–water partition coefficient (Wildman–Crippen LogP) is 4.27. The van der Waals surface area contributed by atoms with Gasteiger partial charge in [-0.25, -0.2) is 8.42 Å². The minimum atomic E-state index is -3.56. The summed E-state index contributed by atoms with van der Waals surface area (Å²) in [5.74, 6) is 0.282. The Hall–Kier alpha value is -3.07. The number of amides is 2. The van der Waals surface area contributed by atoms with E-state index < -0.39 is 16.1 Å². The van der Waals surface area contributed by atoms with Gasteiger partial charge in [0.25, 0.3) is 0 Å². The van der Waals surface area contributed by atoms with Crippen LogP contribution in [0, 0.1) is 6.92 Å². The molecule has 0 aliphatic carbocycles. The number of benzene rings is 2. The number of carbonyl (C=O) groups is 2. The van der Waals surface area contributed by atoms with E-state index in [0.29, 0.717) is 37.4 Å². The van der Waals surface area contributed by atoms with Gasteiger partial charge in [-0.2, -0.15) is 0 Å². The number of ether oxygens (including phenoxy) is 1. The molecule has 0 saturated heterocycles. The van der Waals surface area contributed by atoms with Crippen LogP contribution in [0.2, 0.25) is 0 Å². The second-order valence-corrected chi connectivity index (χ2v) is 11.4. The van der Waals surface area contributed by atoms with E-state index >= 15 is 0 Å². The summed E-state index contributed by atoms with van der Waals surface area (Å²) in [7, 11) is -3.56. The summed E-state index contributed by atoms with van der Waals surface area (Å²) in [6.45, 7) is 10.5. The lowest BCUT2D eigenvalue weighted by atomic mass is 10.1. The molecule has 9 heteroatoms. The molecule has 0 aliphatic heterocycles. The molecular weight excluding hydrogens is 490 g/mol. The second kappa shape index (κ2) is 14.0. The van der Waals surface area contributed by atoms with Gasteiger partial charge in [-0.05, 0) is 70.4 Å². The van der Waals surface area contributed by atoms with Crippen LogP contribution in [0.4, 0.5) is 5.69 Å². The van der Waals surface area contributed by atoms with Gasteiger partial charge in [0.1, 0.15) is 11.8 Å². The maximum atomic E-state index is 13.5. The summed E-state index contributed by atoms with van der Waals surface area (Å²) in [5, 5.41) is 2.92. The van der Waals surface area contributed by atoms with Gasteiger partial charge in [0.05, 0.1) is 18.6 Å². The van der Waals surface area contributed by atoms with Gasteiger partial charge in [-0.15, -0.1) is 0 Å². The minimum absolute atomic E-state index is 0.0464. The number of sulfonamides is 1. The van der Waals surface area contributed by atoms with E-state index in [1.54, 1.807) is 29.2 Å². The van der Waals surface area contributed by atoms with Crippen LogP contribution in [-0.4, -0.2) is 56.6 Å². The third-order valence-electron chi connectivity index (χ3n) is 5.84. The van der Waals surface area contributed by atoms with Gasteiger partial charge >= 0.3 is 0 Å². The number of hydrogen-bond donors (Lipinski definition) is 1. The smallest absolute Gasteiger partial charge is 0.243 e. The first kappa shape index (κ1) is 30.2. The fraction of sp³-hybridized carbons (Fsp3) is 0.500. The normalized spacial score (nSPS) is 12.2. The van der Waals surface area contributed by atoms with E-state index in [1.807, 2.05) is 58.9 Å². The zero-order valence-electron chi connectivity index (χ0n) is 22.9. The fourth-order valence-corrected chi connectivity index (χ4v) is 5.15. The molecule has 1 N–H and O–H groups in total. The summed E-state index contributed by atoms with van der Waals surface area (Å²) >= 11 is 0. The van der Waals surface area contributed by atoms with Crippen LogP contribution in [0.3, 0.4) is 0 Å². The Labute approximate surface area is 222 Å². The van der Waals surface area contributed by atoms with Crippen LogP contribution in [0.5, 0.6) is 5.75 Å². The van der Waals surface area contributed by atoms with Crippen molar-refractivity contribution in [1.29, 1.82) is 0 Å². The van der Waals surface area contributed by atoms with Crippen LogP contribution < -0.4 is 14.4 Å². The lowest BCUT2D eigenvalue weighted by Crippen LogP contribution is -2.50. The van der Waals surface area contributed by atoms with Crippen LogP contribution >= 0.6 is 0 Å². The van der Waals surface area contributed by atoms with Gasteiger partial charge in [-0.3, -0.25) is 13.9 Å². The molecule has 2 aromatic carbocycles. The molecule has 2 amide bonds. The molecule has 0 bridgehead atoms. The Morgan fingerprint density at radius 2 is 1.73 bits per heavy atom. The maximum absolute atomic E-state index is 13.5. The second-order valence-electron chi connectivity index (χ2n) is 9.46. The average Bonchev–Trinajstić information content (AvgIpc) is 2.81. The first-order valence-corrected chi connectivity index (χ1v) is 14.7. The van der Waals surface area contributed by atoms with Crippen LogP contribution in [0.25, 0.3) is 0 Å².